The first kappa shape index (κ1) is 13.8. The fourth-order valence-corrected chi connectivity index (χ4v) is 2.75. The standard InChI is InChI=1S/C9H20BrO2P/c1-3-11-13(12-4-2)9-7-5-6-8-10/h3-9H2,1-2H3. The first-order chi connectivity index (χ1) is 6.35. The van der Waals surface area contributed by atoms with Crippen molar-refractivity contribution in [2.24, 2.45) is 0 Å². The Morgan fingerprint density at radius 3 is 2.08 bits per heavy atom. The maximum absolute atomic E-state index is 5.49. The summed E-state index contributed by atoms with van der Waals surface area (Å²) in [6.07, 6.45) is 4.83. The molecule has 0 aliphatic carbocycles. The number of hydrogen-bond acceptors (Lipinski definition) is 2. The molecule has 0 atom stereocenters. The minimum absolute atomic E-state index is 0.593. The quantitative estimate of drug-likeness (QED) is 0.359. The molecule has 4 heteroatoms. The van der Waals surface area contributed by atoms with Crippen molar-refractivity contribution in [1.82, 2.24) is 0 Å². The highest BCUT2D eigenvalue weighted by Gasteiger charge is 2.07. The number of unbranched alkanes of at least 4 members (excludes halogenated alkanes) is 2. The summed E-state index contributed by atoms with van der Waals surface area (Å²) >= 11 is 3.42. The summed E-state index contributed by atoms with van der Waals surface area (Å²) in [5.41, 5.74) is 0. The van der Waals surface area contributed by atoms with Gasteiger partial charge in [-0.1, -0.05) is 22.4 Å². The molecule has 0 spiro atoms. The van der Waals surface area contributed by atoms with E-state index in [2.05, 4.69) is 15.9 Å². The summed E-state index contributed by atoms with van der Waals surface area (Å²) in [7, 11) is -0.593. The molecule has 0 rings (SSSR count). The van der Waals surface area contributed by atoms with E-state index >= 15 is 0 Å². The number of alkyl halides is 1. The first-order valence-electron chi connectivity index (χ1n) is 4.94. The van der Waals surface area contributed by atoms with Gasteiger partial charge in [0.05, 0.1) is 13.2 Å². The van der Waals surface area contributed by atoms with Crippen molar-refractivity contribution in [3.05, 3.63) is 0 Å². The monoisotopic (exact) mass is 270 g/mol. The van der Waals surface area contributed by atoms with Gasteiger partial charge in [-0.05, 0) is 26.7 Å². The Kier molecular flexibility index (Phi) is 11.6. The number of hydrogen-bond donors (Lipinski definition) is 0. The Balaban J connectivity index is 3.33. The van der Waals surface area contributed by atoms with E-state index in [1.807, 2.05) is 13.8 Å². The molecule has 0 N–H and O–H groups in total. The van der Waals surface area contributed by atoms with E-state index in [0.29, 0.717) is 0 Å². The molecular weight excluding hydrogens is 251 g/mol. The molecule has 0 aromatic rings. The molecule has 0 aliphatic heterocycles. The largest absolute Gasteiger partial charge is 0.334 e. The Morgan fingerprint density at radius 2 is 1.62 bits per heavy atom. The van der Waals surface area contributed by atoms with Gasteiger partial charge in [-0.15, -0.1) is 0 Å². The summed E-state index contributed by atoms with van der Waals surface area (Å²) in [6.45, 7) is 5.58. The van der Waals surface area contributed by atoms with Crippen molar-refractivity contribution in [3.8, 4) is 0 Å². The molecule has 0 aliphatic rings. The van der Waals surface area contributed by atoms with Gasteiger partial charge in [-0.25, -0.2) is 0 Å². The second kappa shape index (κ2) is 10.9. The zero-order valence-electron chi connectivity index (χ0n) is 8.59. The van der Waals surface area contributed by atoms with Gasteiger partial charge in [0.15, 0.2) is 8.38 Å². The highest BCUT2D eigenvalue weighted by Crippen LogP contribution is 2.38. The summed E-state index contributed by atoms with van der Waals surface area (Å²) < 4.78 is 11.0. The maximum atomic E-state index is 5.49. The van der Waals surface area contributed by atoms with Crippen LogP contribution in [0.1, 0.15) is 33.1 Å². The average molecular weight is 271 g/mol. The highest BCUT2D eigenvalue weighted by atomic mass is 79.9. The van der Waals surface area contributed by atoms with Crippen LogP contribution in [0.4, 0.5) is 0 Å². The summed E-state index contributed by atoms with van der Waals surface area (Å²) in [5.74, 6) is 0. The van der Waals surface area contributed by atoms with Crippen molar-refractivity contribution in [2.45, 2.75) is 33.1 Å². The van der Waals surface area contributed by atoms with Crippen molar-refractivity contribution >= 4 is 24.3 Å². The van der Waals surface area contributed by atoms with E-state index in [1.165, 1.54) is 19.3 Å². The van der Waals surface area contributed by atoms with E-state index < -0.39 is 8.38 Å². The molecule has 0 saturated carbocycles. The molecule has 0 heterocycles. The smallest absolute Gasteiger partial charge is 0.170 e. The molecule has 0 fully saturated rings. The normalized spacial score (nSPS) is 11.1. The van der Waals surface area contributed by atoms with Crippen LogP contribution in [-0.4, -0.2) is 24.7 Å². The third-order valence-electron chi connectivity index (χ3n) is 1.52. The lowest BCUT2D eigenvalue weighted by atomic mass is 10.3. The van der Waals surface area contributed by atoms with Gasteiger partial charge in [0.25, 0.3) is 0 Å². The van der Waals surface area contributed by atoms with E-state index in [-0.39, 0.29) is 0 Å². The molecule has 0 saturated heterocycles. The molecule has 13 heavy (non-hydrogen) atoms. The minimum Gasteiger partial charge on any atom is -0.334 e. The van der Waals surface area contributed by atoms with Crippen molar-refractivity contribution in [1.29, 1.82) is 0 Å². The topological polar surface area (TPSA) is 18.5 Å². The van der Waals surface area contributed by atoms with Gasteiger partial charge in [-0.3, -0.25) is 0 Å². The van der Waals surface area contributed by atoms with Gasteiger partial charge in [0.1, 0.15) is 0 Å². The SMILES string of the molecule is CCOP(CCCCCBr)OCC. The van der Waals surface area contributed by atoms with Gasteiger partial charge >= 0.3 is 0 Å². The molecule has 0 unspecified atom stereocenters. The van der Waals surface area contributed by atoms with Crippen LogP contribution in [0.3, 0.4) is 0 Å². The van der Waals surface area contributed by atoms with Crippen LogP contribution in [0.2, 0.25) is 0 Å². The predicted molar refractivity (Wildman–Crippen MR) is 62.7 cm³/mol. The molecule has 0 radical (unpaired) electrons. The average Bonchev–Trinajstić information content (AvgIpc) is 2.13. The van der Waals surface area contributed by atoms with Gasteiger partial charge in [0, 0.05) is 11.5 Å². The molecular formula is C9H20BrO2P. The van der Waals surface area contributed by atoms with E-state index in [0.717, 1.165) is 24.7 Å². The minimum atomic E-state index is -0.593. The van der Waals surface area contributed by atoms with Crippen LogP contribution in [0, 0.1) is 0 Å². The lowest BCUT2D eigenvalue weighted by molar-refractivity contribution is 0.269. The second-order valence-electron chi connectivity index (χ2n) is 2.64. The van der Waals surface area contributed by atoms with E-state index in [4.69, 9.17) is 9.05 Å². The fourth-order valence-electron chi connectivity index (χ4n) is 0.967. The molecule has 0 amide bonds. The molecule has 0 aromatic heterocycles. The fraction of sp³-hybridized carbons (Fsp3) is 1.00. The van der Waals surface area contributed by atoms with Gasteiger partial charge in [-0.2, -0.15) is 0 Å². The number of halogens is 1. The summed E-state index contributed by atoms with van der Waals surface area (Å²) in [5, 5.41) is 1.11. The third kappa shape index (κ3) is 9.14. The summed E-state index contributed by atoms with van der Waals surface area (Å²) in [6, 6.07) is 0. The first-order valence-corrected chi connectivity index (χ1v) is 7.42. The molecule has 2 nitrogen and oxygen atoms in total. The molecule has 0 bridgehead atoms. The lowest BCUT2D eigenvalue weighted by Gasteiger charge is -2.14. The van der Waals surface area contributed by atoms with Crippen LogP contribution in [0.25, 0.3) is 0 Å². The third-order valence-corrected chi connectivity index (χ3v) is 3.85. The van der Waals surface area contributed by atoms with Crippen LogP contribution in [0.15, 0.2) is 0 Å². The van der Waals surface area contributed by atoms with Crippen LogP contribution >= 0.6 is 24.3 Å². The lowest BCUT2D eigenvalue weighted by Crippen LogP contribution is -1.95. The van der Waals surface area contributed by atoms with Crippen molar-refractivity contribution in [2.75, 3.05) is 24.7 Å². The maximum Gasteiger partial charge on any atom is 0.170 e. The zero-order chi connectivity index (χ0) is 9.94. The van der Waals surface area contributed by atoms with Crippen molar-refractivity contribution < 1.29 is 9.05 Å². The van der Waals surface area contributed by atoms with Gasteiger partial charge < -0.3 is 9.05 Å². The van der Waals surface area contributed by atoms with E-state index in [1.54, 1.807) is 0 Å². The highest BCUT2D eigenvalue weighted by molar-refractivity contribution is 9.09. The zero-order valence-corrected chi connectivity index (χ0v) is 11.1. The predicted octanol–water partition coefficient (Wildman–Crippen LogP) is 3.94. The Bertz CT molecular complexity index is 97.6. The van der Waals surface area contributed by atoms with Crippen molar-refractivity contribution in [3.63, 3.8) is 0 Å². The van der Waals surface area contributed by atoms with Crippen LogP contribution in [0.5, 0.6) is 0 Å². The van der Waals surface area contributed by atoms with E-state index in [9.17, 15) is 0 Å². The Morgan fingerprint density at radius 1 is 1.00 bits per heavy atom. The Labute approximate surface area is 91.4 Å². The van der Waals surface area contributed by atoms with Gasteiger partial charge in [0.2, 0.25) is 0 Å². The second-order valence-corrected chi connectivity index (χ2v) is 5.06. The Hall–Kier alpha value is 0.830. The molecule has 80 valence electrons. The van der Waals surface area contributed by atoms with Crippen LogP contribution in [-0.2, 0) is 9.05 Å². The molecule has 0 aromatic carbocycles. The number of rotatable bonds is 9. The van der Waals surface area contributed by atoms with Crippen LogP contribution < -0.4 is 0 Å². The summed E-state index contributed by atoms with van der Waals surface area (Å²) in [4.78, 5) is 0.